The molecule has 0 aliphatic carbocycles. The average molecular weight is 281 g/mol. The molecule has 0 saturated heterocycles. The Hall–Kier alpha value is -2.42. The van der Waals surface area contributed by atoms with E-state index in [1.54, 1.807) is 24.3 Å². The summed E-state index contributed by atoms with van der Waals surface area (Å²) in [5.74, 6) is -0.0393. The molecule has 108 valence electrons. The van der Waals surface area contributed by atoms with E-state index in [9.17, 15) is 9.59 Å². The summed E-state index contributed by atoms with van der Waals surface area (Å²) in [6, 6.07) is 13.0. The van der Waals surface area contributed by atoms with E-state index in [0.717, 1.165) is 16.7 Å². The highest BCUT2D eigenvalue weighted by Gasteiger charge is 2.07. The van der Waals surface area contributed by atoms with Gasteiger partial charge in [-0.15, -0.1) is 0 Å². The maximum absolute atomic E-state index is 12.1. The number of anilines is 1. The molecular formula is C18H19NO2. The van der Waals surface area contributed by atoms with E-state index >= 15 is 0 Å². The normalized spacial score (nSPS) is 10.2. The largest absolute Gasteiger partial charge is 0.326 e. The van der Waals surface area contributed by atoms with Crippen molar-refractivity contribution in [2.75, 3.05) is 5.32 Å². The van der Waals surface area contributed by atoms with Gasteiger partial charge < -0.3 is 5.32 Å². The average Bonchev–Trinajstić information content (AvgIpc) is 2.43. The Bertz CT molecular complexity index is 672. The molecule has 1 N–H and O–H groups in total. The zero-order valence-electron chi connectivity index (χ0n) is 12.6. The van der Waals surface area contributed by atoms with Gasteiger partial charge in [0.05, 0.1) is 6.42 Å². The van der Waals surface area contributed by atoms with Crippen LogP contribution in [-0.2, 0) is 11.2 Å². The van der Waals surface area contributed by atoms with Crippen LogP contribution in [0.3, 0.4) is 0 Å². The lowest BCUT2D eigenvalue weighted by Gasteiger charge is -2.09. The predicted octanol–water partition coefficient (Wildman–Crippen LogP) is 3.69. The lowest BCUT2D eigenvalue weighted by Crippen LogP contribution is -2.15. The monoisotopic (exact) mass is 281 g/mol. The minimum Gasteiger partial charge on any atom is -0.326 e. The second-order valence-corrected chi connectivity index (χ2v) is 5.29. The Morgan fingerprint density at radius 1 is 1.00 bits per heavy atom. The minimum atomic E-state index is -0.0562. The lowest BCUT2D eigenvalue weighted by molar-refractivity contribution is -0.115. The summed E-state index contributed by atoms with van der Waals surface area (Å²) in [5, 5.41) is 2.85. The third-order valence-electron chi connectivity index (χ3n) is 3.43. The third-order valence-corrected chi connectivity index (χ3v) is 3.43. The number of carbonyl (C=O) groups excluding carboxylic acids is 2. The zero-order valence-corrected chi connectivity index (χ0v) is 12.6. The van der Waals surface area contributed by atoms with Crippen LogP contribution in [0, 0.1) is 13.8 Å². The molecule has 0 spiro atoms. The van der Waals surface area contributed by atoms with Gasteiger partial charge in [-0.25, -0.2) is 0 Å². The minimum absolute atomic E-state index is 0.0169. The maximum atomic E-state index is 12.1. The number of benzene rings is 2. The number of hydrogen-bond acceptors (Lipinski definition) is 2. The number of carbonyl (C=O) groups is 2. The van der Waals surface area contributed by atoms with Crippen LogP contribution >= 0.6 is 0 Å². The first-order chi connectivity index (χ1) is 9.95. The van der Waals surface area contributed by atoms with E-state index in [0.29, 0.717) is 17.7 Å². The molecule has 2 aromatic rings. The fraction of sp³-hybridized carbons (Fsp3) is 0.222. The van der Waals surface area contributed by atoms with Crippen molar-refractivity contribution < 1.29 is 9.59 Å². The van der Waals surface area contributed by atoms with Crippen LogP contribution in [0.15, 0.2) is 42.5 Å². The highest BCUT2D eigenvalue weighted by molar-refractivity contribution is 5.96. The van der Waals surface area contributed by atoms with Gasteiger partial charge >= 0.3 is 0 Å². The van der Waals surface area contributed by atoms with Crippen LogP contribution in [0.1, 0.15) is 34.0 Å². The van der Waals surface area contributed by atoms with Gasteiger partial charge in [-0.1, -0.05) is 23.8 Å². The summed E-state index contributed by atoms with van der Waals surface area (Å²) < 4.78 is 0. The molecule has 3 heteroatoms. The third kappa shape index (κ3) is 4.02. The second kappa shape index (κ2) is 6.35. The number of amides is 1. The number of aryl methyl sites for hydroxylation is 2. The van der Waals surface area contributed by atoms with Crippen LogP contribution in [0.4, 0.5) is 5.69 Å². The van der Waals surface area contributed by atoms with E-state index < -0.39 is 0 Å². The van der Waals surface area contributed by atoms with Crippen LogP contribution in [0.5, 0.6) is 0 Å². The number of Topliss-reactive ketones (excluding diaryl/α,β-unsaturated/α-hetero) is 1. The number of hydrogen-bond donors (Lipinski definition) is 1. The van der Waals surface area contributed by atoms with Crippen LogP contribution in [0.2, 0.25) is 0 Å². The molecule has 0 saturated carbocycles. The molecule has 0 radical (unpaired) electrons. The van der Waals surface area contributed by atoms with Crippen molar-refractivity contribution in [3.63, 3.8) is 0 Å². The van der Waals surface area contributed by atoms with Crippen LogP contribution < -0.4 is 5.32 Å². The van der Waals surface area contributed by atoms with Crippen molar-refractivity contribution in [1.82, 2.24) is 0 Å². The van der Waals surface area contributed by atoms with Crippen LogP contribution in [0.25, 0.3) is 0 Å². The summed E-state index contributed by atoms with van der Waals surface area (Å²) in [6.45, 7) is 5.54. The van der Waals surface area contributed by atoms with Crippen molar-refractivity contribution in [1.29, 1.82) is 0 Å². The molecule has 0 aromatic heterocycles. The fourth-order valence-corrected chi connectivity index (χ4v) is 2.16. The first-order valence-electron chi connectivity index (χ1n) is 6.92. The van der Waals surface area contributed by atoms with Crippen LogP contribution in [-0.4, -0.2) is 11.7 Å². The summed E-state index contributed by atoms with van der Waals surface area (Å²) in [6.07, 6.45) is 0.349. The Kier molecular flexibility index (Phi) is 4.53. The SMILES string of the molecule is CC(=O)c1ccc(NC(=O)Cc2cc(C)ccc2C)cc1. The number of nitrogens with one attached hydrogen (secondary N) is 1. The van der Waals surface area contributed by atoms with Gasteiger partial charge in [-0.05, 0) is 56.2 Å². The molecule has 0 aliphatic heterocycles. The van der Waals surface area contributed by atoms with Crippen molar-refractivity contribution in [3.8, 4) is 0 Å². The number of ketones is 1. The molecule has 0 bridgehead atoms. The summed E-state index contributed by atoms with van der Waals surface area (Å²) in [5.41, 5.74) is 4.64. The second-order valence-electron chi connectivity index (χ2n) is 5.29. The van der Waals surface area contributed by atoms with Crippen molar-refractivity contribution >= 4 is 17.4 Å². The first kappa shape index (κ1) is 15.0. The molecular weight excluding hydrogens is 262 g/mol. The van der Waals surface area contributed by atoms with Gasteiger partial charge in [-0.2, -0.15) is 0 Å². The quantitative estimate of drug-likeness (QED) is 0.869. The molecule has 0 fully saturated rings. The van der Waals surface area contributed by atoms with E-state index in [2.05, 4.69) is 5.32 Å². The molecule has 1 amide bonds. The van der Waals surface area contributed by atoms with E-state index in [1.165, 1.54) is 6.92 Å². The Labute approximate surface area is 125 Å². The van der Waals surface area contributed by atoms with Crippen molar-refractivity contribution in [3.05, 3.63) is 64.7 Å². The molecule has 0 atom stereocenters. The predicted molar refractivity (Wildman–Crippen MR) is 84.7 cm³/mol. The van der Waals surface area contributed by atoms with Crippen molar-refractivity contribution in [2.24, 2.45) is 0 Å². The molecule has 0 heterocycles. The van der Waals surface area contributed by atoms with Crippen molar-refractivity contribution in [2.45, 2.75) is 27.2 Å². The van der Waals surface area contributed by atoms with Gasteiger partial charge in [0.15, 0.2) is 5.78 Å². The standard InChI is InChI=1S/C18H19NO2/c1-12-4-5-13(2)16(10-12)11-18(21)19-17-8-6-15(7-9-17)14(3)20/h4-10H,11H2,1-3H3,(H,19,21). The zero-order chi connectivity index (χ0) is 15.4. The first-order valence-corrected chi connectivity index (χ1v) is 6.92. The molecule has 2 rings (SSSR count). The highest BCUT2D eigenvalue weighted by Crippen LogP contribution is 2.14. The molecule has 2 aromatic carbocycles. The van der Waals surface area contributed by atoms with E-state index in [-0.39, 0.29) is 11.7 Å². The fourth-order valence-electron chi connectivity index (χ4n) is 2.16. The number of rotatable bonds is 4. The van der Waals surface area contributed by atoms with Gasteiger partial charge in [0.1, 0.15) is 0 Å². The van der Waals surface area contributed by atoms with Gasteiger partial charge in [0.2, 0.25) is 5.91 Å². The van der Waals surface area contributed by atoms with E-state index in [1.807, 2.05) is 32.0 Å². The van der Waals surface area contributed by atoms with Gasteiger partial charge in [-0.3, -0.25) is 9.59 Å². The topological polar surface area (TPSA) is 46.2 Å². The Morgan fingerprint density at radius 2 is 1.67 bits per heavy atom. The summed E-state index contributed by atoms with van der Waals surface area (Å²) in [7, 11) is 0. The molecule has 0 aliphatic rings. The maximum Gasteiger partial charge on any atom is 0.228 e. The van der Waals surface area contributed by atoms with Gasteiger partial charge in [0.25, 0.3) is 0 Å². The molecule has 21 heavy (non-hydrogen) atoms. The Balaban J connectivity index is 2.04. The van der Waals surface area contributed by atoms with Gasteiger partial charge in [0, 0.05) is 11.3 Å². The molecule has 3 nitrogen and oxygen atoms in total. The van der Waals surface area contributed by atoms with E-state index in [4.69, 9.17) is 0 Å². The lowest BCUT2D eigenvalue weighted by atomic mass is 10.0. The highest BCUT2D eigenvalue weighted by atomic mass is 16.1. The molecule has 0 unspecified atom stereocenters. The summed E-state index contributed by atoms with van der Waals surface area (Å²) in [4.78, 5) is 23.3. The smallest absolute Gasteiger partial charge is 0.228 e. The Morgan fingerprint density at radius 3 is 2.29 bits per heavy atom. The summed E-state index contributed by atoms with van der Waals surface area (Å²) >= 11 is 0.